The van der Waals surface area contributed by atoms with Crippen LogP contribution in [-0.2, 0) is 6.54 Å². The van der Waals surface area contributed by atoms with E-state index in [2.05, 4.69) is 51.8 Å². The van der Waals surface area contributed by atoms with Crippen LogP contribution in [0.5, 0.6) is 0 Å². The zero-order chi connectivity index (χ0) is 12.8. The van der Waals surface area contributed by atoms with E-state index < -0.39 is 0 Å². The molecule has 18 heavy (non-hydrogen) atoms. The molecule has 0 aliphatic rings. The van der Waals surface area contributed by atoms with Crippen LogP contribution in [0.15, 0.2) is 36.5 Å². The van der Waals surface area contributed by atoms with E-state index in [1.54, 1.807) is 6.20 Å². The van der Waals surface area contributed by atoms with Crippen molar-refractivity contribution in [2.75, 3.05) is 17.2 Å². The molecule has 0 aliphatic carbocycles. The molecule has 0 atom stereocenters. The largest absolute Gasteiger partial charge is 0.366 e. The van der Waals surface area contributed by atoms with Gasteiger partial charge in [-0.05, 0) is 25.5 Å². The lowest BCUT2D eigenvalue weighted by molar-refractivity contribution is 1.05. The average Bonchev–Trinajstić information content (AvgIpc) is 2.39. The number of hydrogen-bond donors (Lipinski definition) is 2. The number of rotatable bonds is 5. The Morgan fingerprint density at radius 2 is 1.83 bits per heavy atom. The highest BCUT2D eigenvalue weighted by Gasteiger charge is 1.98. The highest BCUT2D eigenvalue weighted by atomic mass is 15.1. The highest BCUT2D eigenvalue weighted by Crippen LogP contribution is 2.09. The van der Waals surface area contributed by atoms with Gasteiger partial charge in [0.05, 0.1) is 0 Å². The van der Waals surface area contributed by atoms with E-state index in [-0.39, 0.29) is 0 Å². The van der Waals surface area contributed by atoms with Gasteiger partial charge in [0.1, 0.15) is 5.82 Å². The van der Waals surface area contributed by atoms with Crippen LogP contribution in [-0.4, -0.2) is 16.5 Å². The van der Waals surface area contributed by atoms with Crippen LogP contribution < -0.4 is 10.6 Å². The van der Waals surface area contributed by atoms with E-state index in [4.69, 9.17) is 0 Å². The number of hydrogen-bond acceptors (Lipinski definition) is 4. The van der Waals surface area contributed by atoms with Crippen molar-refractivity contribution in [2.45, 2.75) is 20.4 Å². The molecule has 0 saturated heterocycles. The Morgan fingerprint density at radius 3 is 2.56 bits per heavy atom. The summed E-state index contributed by atoms with van der Waals surface area (Å²) >= 11 is 0. The van der Waals surface area contributed by atoms with E-state index in [1.807, 2.05) is 13.0 Å². The second-order valence-electron chi connectivity index (χ2n) is 4.13. The van der Waals surface area contributed by atoms with E-state index >= 15 is 0 Å². The van der Waals surface area contributed by atoms with Gasteiger partial charge in [-0.25, -0.2) is 4.98 Å². The molecule has 0 aliphatic heterocycles. The maximum atomic E-state index is 4.36. The number of benzene rings is 1. The van der Waals surface area contributed by atoms with E-state index in [9.17, 15) is 0 Å². The van der Waals surface area contributed by atoms with Gasteiger partial charge in [-0.3, -0.25) is 0 Å². The van der Waals surface area contributed by atoms with Gasteiger partial charge in [-0.15, -0.1) is 0 Å². The Balaban J connectivity index is 1.97. The third kappa shape index (κ3) is 3.45. The summed E-state index contributed by atoms with van der Waals surface area (Å²) in [4.78, 5) is 8.50. The van der Waals surface area contributed by atoms with Gasteiger partial charge in [0.2, 0.25) is 5.95 Å². The lowest BCUT2D eigenvalue weighted by atomic mass is 10.1. The quantitative estimate of drug-likeness (QED) is 0.846. The van der Waals surface area contributed by atoms with Crippen LogP contribution in [0.1, 0.15) is 18.1 Å². The first-order chi connectivity index (χ1) is 8.78. The van der Waals surface area contributed by atoms with Crippen molar-refractivity contribution >= 4 is 11.8 Å². The van der Waals surface area contributed by atoms with Crippen molar-refractivity contribution in [1.29, 1.82) is 0 Å². The summed E-state index contributed by atoms with van der Waals surface area (Å²) < 4.78 is 0. The molecule has 2 aromatic rings. The predicted octanol–water partition coefficient (Wildman–Crippen LogP) is 2.83. The van der Waals surface area contributed by atoms with E-state index in [1.165, 1.54) is 11.1 Å². The molecule has 0 radical (unpaired) electrons. The molecule has 1 aromatic carbocycles. The minimum atomic E-state index is 0.659. The predicted molar refractivity (Wildman–Crippen MR) is 74.7 cm³/mol. The smallest absolute Gasteiger partial charge is 0.224 e. The van der Waals surface area contributed by atoms with Gasteiger partial charge >= 0.3 is 0 Å². The van der Waals surface area contributed by atoms with Crippen molar-refractivity contribution in [3.63, 3.8) is 0 Å². The molecule has 0 amide bonds. The lowest BCUT2D eigenvalue weighted by Gasteiger charge is -2.07. The molecule has 4 nitrogen and oxygen atoms in total. The molecule has 2 N–H and O–H groups in total. The van der Waals surface area contributed by atoms with E-state index in [0.717, 1.165) is 18.9 Å². The second-order valence-corrected chi connectivity index (χ2v) is 4.13. The van der Waals surface area contributed by atoms with Crippen LogP contribution in [0.25, 0.3) is 0 Å². The standard InChI is InChI=1S/C14H18N4/c1-3-15-14-16-9-8-13(18-14)17-10-12-6-4-11(2)5-7-12/h4-9H,3,10H2,1-2H3,(H2,15,16,17,18). The third-order valence-electron chi connectivity index (χ3n) is 2.58. The Hall–Kier alpha value is -2.10. The molecule has 2 rings (SSSR count). The summed E-state index contributed by atoms with van der Waals surface area (Å²) in [6.07, 6.45) is 1.75. The topological polar surface area (TPSA) is 49.8 Å². The molecular formula is C14H18N4. The Kier molecular flexibility index (Phi) is 4.12. The molecule has 1 aromatic heterocycles. The summed E-state index contributed by atoms with van der Waals surface area (Å²) in [5.41, 5.74) is 2.51. The monoisotopic (exact) mass is 242 g/mol. The number of nitrogens with one attached hydrogen (secondary N) is 2. The van der Waals surface area contributed by atoms with Crippen molar-refractivity contribution in [2.24, 2.45) is 0 Å². The fourth-order valence-electron chi connectivity index (χ4n) is 1.60. The van der Waals surface area contributed by atoms with Crippen molar-refractivity contribution in [3.8, 4) is 0 Å². The minimum Gasteiger partial charge on any atom is -0.366 e. The SMILES string of the molecule is CCNc1nccc(NCc2ccc(C)cc2)n1. The maximum Gasteiger partial charge on any atom is 0.224 e. The van der Waals surface area contributed by atoms with Crippen molar-refractivity contribution in [3.05, 3.63) is 47.7 Å². The number of anilines is 2. The molecule has 0 spiro atoms. The molecule has 0 unspecified atom stereocenters. The first-order valence-corrected chi connectivity index (χ1v) is 6.14. The fourth-order valence-corrected chi connectivity index (χ4v) is 1.60. The molecule has 0 bridgehead atoms. The molecule has 1 heterocycles. The zero-order valence-corrected chi connectivity index (χ0v) is 10.8. The van der Waals surface area contributed by atoms with Crippen molar-refractivity contribution in [1.82, 2.24) is 9.97 Å². The number of aromatic nitrogens is 2. The third-order valence-corrected chi connectivity index (χ3v) is 2.58. The first kappa shape index (κ1) is 12.4. The Labute approximate surface area is 107 Å². The van der Waals surface area contributed by atoms with E-state index in [0.29, 0.717) is 5.95 Å². The number of aryl methyl sites for hydroxylation is 1. The zero-order valence-electron chi connectivity index (χ0n) is 10.8. The first-order valence-electron chi connectivity index (χ1n) is 6.14. The summed E-state index contributed by atoms with van der Waals surface area (Å²) in [5.74, 6) is 1.49. The van der Waals surface area contributed by atoms with Gasteiger partial charge in [0.25, 0.3) is 0 Å². The number of nitrogens with zero attached hydrogens (tertiary/aromatic N) is 2. The molecule has 0 saturated carbocycles. The fraction of sp³-hybridized carbons (Fsp3) is 0.286. The van der Waals surface area contributed by atoms with Gasteiger partial charge in [0, 0.05) is 19.3 Å². The Bertz CT molecular complexity index is 493. The van der Waals surface area contributed by atoms with Gasteiger partial charge in [-0.1, -0.05) is 29.8 Å². The maximum absolute atomic E-state index is 4.36. The summed E-state index contributed by atoms with van der Waals surface area (Å²) in [6.45, 7) is 5.70. The average molecular weight is 242 g/mol. The minimum absolute atomic E-state index is 0.659. The van der Waals surface area contributed by atoms with Gasteiger partial charge in [-0.2, -0.15) is 4.98 Å². The van der Waals surface area contributed by atoms with Crippen LogP contribution in [0, 0.1) is 6.92 Å². The highest BCUT2D eigenvalue weighted by molar-refractivity contribution is 5.40. The van der Waals surface area contributed by atoms with Crippen LogP contribution in [0.4, 0.5) is 11.8 Å². The van der Waals surface area contributed by atoms with Crippen molar-refractivity contribution < 1.29 is 0 Å². The molecule has 4 heteroatoms. The summed E-state index contributed by atoms with van der Waals surface area (Å²) in [5, 5.41) is 6.38. The molecule has 94 valence electrons. The second kappa shape index (κ2) is 6.00. The molecule has 0 fully saturated rings. The van der Waals surface area contributed by atoms with Gasteiger partial charge in [0.15, 0.2) is 0 Å². The van der Waals surface area contributed by atoms with Gasteiger partial charge < -0.3 is 10.6 Å². The van der Waals surface area contributed by atoms with Crippen LogP contribution in [0.2, 0.25) is 0 Å². The normalized spacial score (nSPS) is 10.1. The lowest BCUT2D eigenvalue weighted by Crippen LogP contribution is -2.06. The van der Waals surface area contributed by atoms with Crippen LogP contribution >= 0.6 is 0 Å². The summed E-state index contributed by atoms with van der Waals surface area (Å²) in [6, 6.07) is 10.3. The molecular weight excluding hydrogens is 224 g/mol. The van der Waals surface area contributed by atoms with Crippen LogP contribution in [0.3, 0.4) is 0 Å². The Morgan fingerprint density at radius 1 is 1.06 bits per heavy atom. The summed E-state index contributed by atoms with van der Waals surface area (Å²) in [7, 11) is 0.